The van der Waals surface area contributed by atoms with Crippen LogP contribution in [-0.4, -0.2) is 34.1 Å². The Morgan fingerprint density at radius 3 is 2.73 bits per heavy atom. The van der Waals surface area contributed by atoms with Gasteiger partial charge in [0.1, 0.15) is 0 Å². The van der Waals surface area contributed by atoms with Crippen LogP contribution >= 0.6 is 0 Å². The van der Waals surface area contributed by atoms with Crippen LogP contribution in [0.4, 0.5) is 0 Å². The lowest BCUT2D eigenvalue weighted by atomic mass is 9.96. The first-order chi connectivity index (χ1) is 10.5. The number of benzene rings is 2. The van der Waals surface area contributed by atoms with Crippen LogP contribution in [0, 0.1) is 0 Å². The lowest BCUT2D eigenvalue weighted by Gasteiger charge is -2.34. The normalized spacial score (nSPS) is 18.9. The molecule has 1 unspecified atom stereocenters. The number of likely N-dealkylation sites (tertiary alicyclic amines) is 1. The molecule has 1 N–H and O–H groups in total. The van der Waals surface area contributed by atoms with Crippen molar-refractivity contribution in [2.45, 2.75) is 44.8 Å². The first kappa shape index (κ1) is 15.0. The standard InChI is InChI=1S/C19H23NO2/c1-19(2,22)17-11-6-12-20(17)18(21)13-15-9-5-8-14-7-3-4-10-16(14)15/h3-5,7-10,17,22H,6,11-13H2,1-2H3. The molecule has 116 valence electrons. The zero-order valence-electron chi connectivity index (χ0n) is 13.2. The van der Waals surface area contributed by atoms with E-state index in [-0.39, 0.29) is 11.9 Å². The number of rotatable bonds is 3. The minimum absolute atomic E-state index is 0.0741. The number of carbonyl (C=O) groups excluding carboxylic acids is 1. The Kier molecular flexibility index (Phi) is 3.92. The third kappa shape index (κ3) is 2.86. The zero-order chi connectivity index (χ0) is 15.7. The van der Waals surface area contributed by atoms with Gasteiger partial charge in [-0.15, -0.1) is 0 Å². The van der Waals surface area contributed by atoms with Crippen molar-refractivity contribution in [2.24, 2.45) is 0 Å². The van der Waals surface area contributed by atoms with E-state index in [9.17, 15) is 9.90 Å². The van der Waals surface area contributed by atoms with Crippen molar-refractivity contribution < 1.29 is 9.90 Å². The van der Waals surface area contributed by atoms with Crippen molar-refractivity contribution in [2.75, 3.05) is 6.54 Å². The molecule has 1 saturated heterocycles. The molecule has 0 aliphatic carbocycles. The van der Waals surface area contributed by atoms with Gasteiger partial charge in [-0.3, -0.25) is 4.79 Å². The molecule has 22 heavy (non-hydrogen) atoms. The van der Waals surface area contributed by atoms with Gasteiger partial charge in [0.25, 0.3) is 0 Å². The topological polar surface area (TPSA) is 40.5 Å². The van der Waals surface area contributed by atoms with Crippen molar-refractivity contribution in [3.63, 3.8) is 0 Å². The van der Waals surface area contributed by atoms with Crippen LogP contribution in [0.5, 0.6) is 0 Å². The van der Waals surface area contributed by atoms with Crippen LogP contribution in [0.25, 0.3) is 10.8 Å². The van der Waals surface area contributed by atoms with E-state index in [1.807, 2.05) is 29.2 Å². The van der Waals surface area contributed by atoms with E-state index in [0.29, 0.717) is 6.42 Å². The molecule has 1 amide bonds. The number of carbonyl (C=O) groups is 1. The van der Waals surface area contributed by atoms with E-state index in [1.165, 1.54) is 0 Å². The summed E-state index contributed by atoms with van der Waals surface area (Å²) in [6.07, 6.45) is 2.24. The number of hydrogen-bond donors (Lipinski definition) is 1. The molecule has 0 spiro atoms. The summed E-state index contributed by atoms with van der Waals surface area (Å²) >= 11 is 0. The Bertz CT molecular complexity index is 682. The summed E-state index contributed by atoms with van der Waals surface area (Å²) in [5.41, 5.74) is 0.217. The van der Waals surface area contributed by atoms with Crippen molar-refractivity contribution in [1.29, 1.82) is 0 Å². The number of fused-ring (bicyclic) bond motifs is 1. The molecule has 0 aromatic heterocycles. The highest BCUT2D eigenvalue weighted by molar-refractivity contribution is 5.90. The van der Waals surface area contributed by atoms with Crippen LogP contribution < -0.4 is 0 Å². The fourth-order valence-corrected chi connectivity index (χ4v) is 3.51. The number of hydrogen-bond acceptors (Lipinski definition) is 2. The summed E-state index contributed by atoms with van der Waals surface area (Å²) in [4.78, 5) is 14.6. The van der Waals surface area contributed by atoms with Gasteiger partial charge in [-0.2, -0.15) is 0 Å². The Labute approximate surface area is 131 Å². The third-order valence-corrected chi connectivity index (χ3v) is 4.61. The smallest absolute Gasteiger partial charge is 0.227 e. The van der Waals surface area contributed by atoms with E-state index in [2.05, 4.69) is 18.2 Å². The second-order valence-electron chi connectivity index (χ2n) is 6.71. The highest BCUT2D eigenvalue weighted by atomic mass is 16.3. The molecular formula is C19H23NO2. The molecule has 3 heteroatoms. The van der Waals surface area contributed by atoms with Gasteiger partial charge in [0.15, 0.2) is 0 Å². The fourth-order valence-electron chi connectivity index (χ4n) is 3.51. The molecule has 2 aromatic carbocycles. The van der Waals surface area contributed by atoms with Gasteiger partial charge < -0.3 is 10.0 Å². The largest absolute Gasteiger partial charge is 0.388 e. The molecule has 1 fully saturated rings. The second kappa shape index (κ2) is 5.73. The summed E-state index contributed by atoms with van der Waals surface area (Å²) in [7, 11) is 0. The summed E-state index contributed by atoms with van der Waals surface area (Å²) in [5, 5.41) is 12.6. The van der Waals surface area contributed by atoms with Crippen molar-refractivity contribution in [3.8, 4) is 0 Å². The van der Waals surface area contributed by atoms with E-state index in [4.69, 9.17) is 0 Å². The summed E-state index contributed by atoms with van der Waals surface area (Å²) in [6, 6.07) is 14.2. The van der Waals surface area contributed by atoms with Crippen LogP contribution in [0.3, 0.4) is 0 Å². The molecule has 1 aliphatic rings. The summed E-state index contributed by atoms with van der Waals surface area (Å²) < 4.78 is 0. The quantitative estimate of drug-likeness (QED) is 0.945. The monoisotopic (exact) mass is 297 g/mol. The Morgan fingerprint density at radius 1 is 1.23 bits per heavy atom. The Morgan fingerprint density at radius 2 is 1.95 bits per heavy atom. The first-order valence-electron chi connectivity index (χ1n) is 7.95. The molecular weight excluding hydrogens is 274 g/mol. The van der Waals surface area contributed by atoms with Gasteiger partial charge in [-0.05, 0) is 43.0 Å². The van der Waals surface area contributed by atoms with Crippen LogP contribution in [0.15, 0.2) is 42.5 Å². The molecule has 1 aliphatic heterocycles. The average molecular weight is 297 g/mol. The van der Waals surface area contributed by atoms with Crippen molar-refractivity contribution >= 4 is 16.7 Å². The maximum atomic E-state index is 12.7. The Balaban J connectivity index is 1.84. The minimum Gasteiger partial charge on any atom is -0.388 e. The summed E-state index contributed by atoms with van der Waals surface area (Å²) in [6.45, 7) is 4.33. The van der Waals surface area contributed by atoms with Crippen molar-refractivity contribution in [3.05, 3.63) is 48.0 Å². The maximum absolute atomic E-state index is 12.7. The predicted octanol–water partition coefficient (Wildman–Crippen LogP) is 3.14. The van der Waals surface area contributed by atoms with Gasteiger partial charge in [0.2, 0.25) is 5.91 Å². The third-order valence-electron chi connectivity index (χ3n) is 4.61. The molecule has 0 radical (unpaired) electrons. The zero-order valence-corrected chi connectivity index (χ0v) is 13.2. The molecule has 1 heterocycles. The fraction of sp³-hybridized carbons (Fsp3) is 0.421. The van der Waals surface area contributed by atoms with Gasteiger partial charge in [-0.25, -0.2) is 0 Å². The highest BCUT2D eigenvalue weighted by Crippen LogP contribution is 2.28. The number of aliphatic hydroxyl groups is 1. The number of amides is 1. The predicted molar refractivity (Wildman–Crippen MR) is 88.7 cm³/mol. The maximum Gasteiger partial charge on any atom is 0.227 e. The molecule has 1 atom stereocenters. The molecule has 3 nitrogen and oxygen atoms in total. The van der Waals surface area contributed by atoms with Crippen molar-refractivity contribution in [1.82, 2.24) is 4.90 Å². The van der Waals surface area contributed by atoms with Crippen LogP contribution in [0.2, 0.25) is 0 Å². The van der Waals surface area contributed by atoms with Gasteiger partial charge in [0, 0.05) is 6.54 Å². The second-order valence-corrected chi connectivity index (χ2v) is 6.71. The van der Waals surface area contributed by atoms with Gasteiger partial charge >= 0.3 is 0 Å². The Hall–Kier alpha value is -1.87. The van der Waals surface area contributed by atoms with Crippen LogP contribution in [-0.2, 0) is 11.2 Å². The van der Waals surface area contributed by atoms with E-state index >= 15 is 0 Å². The SMILES string of the molecule is CC(C)(O)C1CCCN1C(=O)Cc1cccc2ccccc12. The van der Waals surface area contributed by atoms with E-state index < -0.39 is 5.60 Å². The lowest BCUT2D eigenvalue weighted by molar-refractivity contribution is -0.135. The molecule has 0 bridgehead atoms. The average Bonchev–Trinajstić information content (AvgIpc) is 2.97. The highest BCUT2D eigenvalue weighted by Gasteiger charge is 2.38. The van der Waals surface area contributed by atoms with E-state index in [0.717, 1.165) is 35.7 Å². The minimum atomic E-state index is -0.842. The summed E-state index contributed by atoms with van der Waals surface area (Å²) in [5.74, 6) is 0.112. The van der Waals surface area contributed by atoms with E-state index in [1.54, 1.807) is 13.8 Å². The lowest BCUT2D eigenvalue weighted by Crippen LogP contribution is -2.48. The molecule has 0 saturated carbocycles. The van der Waals surface area contributed by atoms with Gasteiger partial charge in [0.05, 0.1) is 18.1 Å². The molecule has 2 aromatic rings. The van der Waals surface area contributed by atoms with Crippen LogP contribution in [0.1, 0.15) is 32.3 Å². The molecule has 3 rings (SSSR count). The number of nitrogens with zero attached hydrogens (tertiary/aromatic N) is 1. The first-order valence-corrected chi connectivity index (χ1v) is 7.95. The van der Waals surface area contributed by atoms with Gasteiger partial charge in [-0.1, -0.05) is 42.5 Å².